The topological polar surface area (TPSA) is 39.1 Å². The van der Waals surface area contributed by atoms with Crippen molar-refractivity contribution >= 4 is 20.7 Å². The average Bonchev–Trinajstić information content (AvgIpc) is 2.78. The zero-order valence-corrected chi connectivity index (χ0v) is 11.8. The molecule has 0 radical (unpaired) electrons. The smallest absolute Gasteiger partial charge is 0.153 e. The lowest BCUT2D eigenvalue weighted by atomic mass is 10.2. The fourth-order valence-corrected chi connectivity index (χ4v) is 3.37. The summed E-state index contributed by atoms with van der Waals surface area (Å²) in [5.41, 5.74) is 1.21. The Morgan fingerprint density at radius 1 is 1.16 bits per heavy atom. The van der Waals surface area contributed by atoms with Crippen molar-refractivity contribution in [3.8, 4) is 0 Å². The third kappa shape index (κ3) is 3.70. The van der Waals surface area contributed by atoms with Crippen LogP contribution in [0.1, 0.15) is 12.8 Å². The van der Waals surface area contributed by atoms with Gasteiger partial charge in [-0.15, -0.1) is 6.58 Å². The molecule has 1 aromatic heterocycles. The third-order valence-corrected chi connectivity index (χ3v) is 4.81. The first kappa shape index (κ1) is 13.9. The van der Waals surface area contributed by atoms with E-state index >= 15 is 0 Å². The van der Waals surface area contributed by atoms with Gasteiger partial charge in [-0.25, -0.2) is 8.42 Å². The average molecular weight is 277 g/mol. The molecular weight excluding hydrogens is 258 g/mol. The van der Waals surface area contributed by atoms with Crippen LogP contribution in [0.15, 0.2) is 49.2 Å². The fraction of sp³-hybridized carbons (Fsp3) is 0.333. The predicted molar refractivity (Wildman–Crippen MR) is 80.0 cm³/mol. The summed E-state index contributed by atoms with van der Waals surface area (Å²) in [7, 11) is -2.94. The number of nitrogens with zero attached hydrogens (tertiary/aromatic N) is 1. The van der Waals surface area contributed by atoms with E-state index in [1.165, 1.54) is 17.0 Å². The second-order valence-corrected chi connectivity index (χ2v) is 6.91. The molecule has 3 nitrogen and oxygen atoms in total. The number of benzene rings is 1. The molecule has 4 heteroatoms. The Morgan fingerprint density at radius 3 is 2.74 bits per heavy atom. The second-order valence-electron chi connectivity index (χ2n) is 4.68. The van der Waals surface area contributed by atoms with E-state index in [0.717, 1.165) is 13.0 Å². The van der Waals surface area contributed by atoms with Gasteiger partial charge < -0.3 is 4.57 Å². The maximum atomic E-state index is 11.5. The van der Waals surface area contributed by atoms with Crippen molar-refractivity contribution in [3.63, 3.8) is 0 Å². The lowest BCUT2D eigenvalue weighted by Crippen LogP contribution is -2.10. The zero-order valence-electron chi connectivity index (χ0n) is 11.0. The molecule has 0 saturated heterocycles. The Morgan fingerprint density at radius 2 is 1.95 bits per heavy atom. The minimum Gasteiger partial charge on any atom is -0.347 e. The van der Waals surface area contributed by atoms with Gasteiger partial charge in [0.2, 0.25) is 0 Å². The van der Waals surface area contributed by atoms with Crippen molar-refractivity contribution in [2.75, 3.05) is 11.5 Å². The van der Waals surface area contributed by atoms with Crippen LogP contribution in [0.5, 0.6) is 0 Å². The summed E-state index contributed by atoms with van der Waals surface area (Å²) in [5.74, 6) is 0.331. The molecule has 0 spiro atoms. The van der Waals surface area contributed by atoms with Crippen LogP contribution < -0.4 is 0 Å². The predicted octanol–water partition coefficient (Wildman–Crippen LogP) is 3.02. The van der Waals surface area contributed by atoms with E-state index in [-0.39, 0.29) is 11.5 Å². The molecule has 0 unspecified atom stereocenters. The van der Waals surface area contributed by atoms with E-state index in [0.29, 0.717) is 6.42 Å². The summed E-state index contributed by atoms with van der Waals surface area (Å²) >= 11 is 0. The Kier molecular flexibility index (Phi) is 4.43. The number of hydrogen-bond donors (Lipinski definition) is 0. The molecule has 1 aromatic carbocycles. The first-order valence-electron chi connectivity index (χ1n) is 6.47. The molecular formula is C15H19NO2S. The Bertz CT molecular complexity index is 656. The maximum absolute atomic E-state index is 11.5. The molecule has 0 bridgehead atoms. The highest BCUT2D eigenvalue weighted by Gasteiger charge is 2.07. The van der Waals surface area contributed by atoms with Gasteiger partial charge in [0.05, 0.1) is 11.5 Å². The summed E-state index contributed by atoms with van der Waals surface area (Å²) in [6.45, 7) is 4.32. The SMILES string of the molecule is C=CCS(=O)(=O)CCCCn1ccc2ccccc21. The molecule has 0 aliphatic carbocycles. The molecule has 2 aromatic rings. The van der Waals surface area contributed by atoms with Crippen molar-refractivity contribution < 1.29 is 8.42 Å². The van der Waals surface area contributed by atoms with Gasteiger partial charge in [0.1, 0.15) is 0 Å². The largest absolute Gasteiger partial charge is 0.347 e. The molecule has 0 aliphatic heterocycles. The summed E-state index contributed by atoms with van der Waals surface area (Å²) in [4.78, 5) is 0. The Labute approximate surface area is 114 Å². The van der Waals surface area contributed by atoms with Crippen LogP contribution in [-0.2, 0) is 16.4 Å². The van der Waals surface area contributed by atoms with Gasteiger partial charge in [-0.2, -0.15) is 0 Å². The van der Waals surface area contributed by atoms with Gasteiger partial charge in [0, 0.05) is 18.3 Å². The number of hydrogen-bond acceptors (Lipinski definition) is 2. The molecule has 0 atom stereocenters. The Balaban J connectivity index is 1.88. The lowest BCUT2D eigenvalue weighted by Gasteiger charge is -2.05. The molecule has 0 aliphatic rings. The number of sulfone groups is 1. The molecule has 1 heterocycles. The standard InChI is InChI=1S/C15H19NO2S/c1-2-12-19(17,18)13-6-5-10-16-11-9-14-7-3-4-8-15(14)16/h2-4,7-9,11H,1,5-6,10,12-13H2. The highest BCUT2D eigenvalue weighted by atomic mass is 32.2. The number of unbranched alkanes of at least 4 members (excludes halogenated alkanes) is 1. The fourth-order valence-electron chi connectivity index (χ4n) is 2.20. The number of fused-ring (bicyclic) bond motifs is 1. The van der Waals surface area contributed by atoms with E-state index in [2.05, 4.69) is 35.5 Å². The van der Waals surface area contributed by atoms with Gasteiger partial charge >= 0.3 is 0 Å². The molecule has 2 rings (SSSR count). The van der Waals surface area contributed by atoms with Crippen LogP contribution in [0.3, 0.4) is 0 Å². The highest BCUT2D eigenvalue weighted by Crippen LogP contribution is 2.15. The molecule has 0 N–H and O–H groups in total. The zero-order chi connectivity index (χ0) is 13.7. The monoisotopic (exact) mass is 277 g/mol. The van der Waals surface area contributed by atoms with Crippen molar-refractivity contribution in [1.82, 2.24) is 4.57 Å². The van der Waals surface area contributed by atoms with Crippen molar-refractivity contribution in [2.45, 2.75) is 19.4 Å². The maximum Gasteiger partial charge on any atom is 0.153 e. The second kappa shape index (κ2) is 6.06. The van der Waals surface area contributed by atoms with Gasteiger partial charge in [-0.1, -0.05) is 24.3 Å². The normalized spacial score (nSPS) is 11.8. The van der Waals surface area contributed by atoms with Crippen LogP contribution in [0.2, 0.25) is 0 Å². The van der Waals surface area contributed by atoms with Gasteiger partial charge in [-0.05, 0) is 30.4 Å². The van der Waals surface area contributed by atoms with E-state index < -0.39 is 9.84 Å². The lowest BCUT2D eigenvalue weighted by molar-refractivity contribution is 0.588. The van der Waals surface area contributed by atoms with Crippen molar-refractivity contribution in [3.05, 3.63) is 49.2 Å². The third-order valence-electron chi connectivity index (χ3n) is 3.16. The van der Waals surface area contributed by atoms with Crippen molar-refractivity contribution in [2.24, 2.45) is 0 Å². The van der Waals surface area contributed by atoms with E-state index in [1.54, 1.807) is 0 Å². The Hall–Kier alpha value is -1.55. The van der Waals surface area contributed by atoms with Crippen LogP contribution in [0.25, 0.3) is 10.9 Å². The summed E-state index contributed by atoms with van der Waals surface area (Å²) in [6, 6.07) is 10.3. The summed E-state index contributed by atoms with van der Waals surface area (Å²) in [5, 5.41) is 1.22. The highest BCUT2D eigenvalue weighted by molar-refractivity contribution is 7.91. The van der Waals surface area contributed by atoms with E-state index in [1.807, 2.05) is 12.1 Å². The number of aryl methyl sites for hydroxylation is 1. The minimum absolute atomic E-state index is 0.0828. The number of para-hydroxylation sites is 1. The first-order chi connectivity index (χ1) is 9.12. The molecule has 19 heavy (non-hydrogen) atoms. The molecule has 0 fully saturated rings. The minimum atomic E-state index is -2.94. The van der Waals surface area contributed by atoms with Crippen LogP contribution in [0, 0.1) is 0 Å². The van der Waals surface area contributed by atoms with E-state index in [4.69, 9.17) is 0 Å². The quantitative estimate of drug-likeness (QED) is 0.576. The van der Waals surface area contributed by atoms with Crippen LogP contribution in [0.4, 0.5) is 0 Å². The van der Waals surface area contributed by atoms with E-state index in [9.17, 15) is 8.42 Å². The number of aromatic nitrogens is 1. The molecule has 102 valence electrons. The molecule has 0 amide bonds. The van der Waals surface area contributed by atoms with Crippen LogP contribution >= 0.6 is 0 Å². The van der Waals surface area contributed by atoms with Gasteiger partial charge in [-0.3, -0.25) is 0 Å². The summed E-state index contributed by atoms with van der Waals surface area (Å²) < 4.78 is 25.2. The van der Waals surface area contributed by atoms with Crippen molar-refractivity contribution in [1.29, 1.82) is 0 Å². The molecule has 0 saturated carbocycles. The van der Waals surface area contributed by atoms with Crippen LogP contribution in [-0.4, -0.2) is 24.5 Å². The number of rotatable bonds is 7. The van der Waals surface area contributed by atoms with Gasteiger partial charge in [0.15, 0.2) is 9.84 Å². The first-order valence-corrected chi connectivity index (χ1v) is 8.30. The van der Waals surface area contributed by atoms with Gasteiger partial charge in [0.25, 0.3) is 0 Å². The summed E-state index contributed by atoms with van der Waals surface area (Å²) in [6.07, 6.45) is 5.08.